The molecule has 0 aliphatic rings. The molecular formula is C18H17FN4O2S. The Balaban J connectivity index is 1.51. The first-order valence-corrected chi connectivity index (χ1v) is 8.94. The van der Waals surface area contributed by atoms with Gasteiger partial charge in [0.05, 0.1) is 22.4 Å². The van der Waals surface area contributed by atoms with E-state index in [1.165, 1.54) is 23.9 Å². The second-order valence-corrected chi connectivity index (χ2v) is 6.66. The summed E-state index contributed by atoms with van der Waals surface area (Å²) in [4.78, 5) is 20.5. The fourth-order valence-electron chi connectivity index (χ4n) is 2.26. The Bertz CT molecular complexity index is 881. The number of carbonyl (C=O) groups excluding carboxylic acids is 1. The number of rotatable bonds is 6. The molecular weight excluding hydrogens is 355 g/mol. The second-order valence-electron chi connectivity index (χ2n) is 5.66. The minimum Gasteiger partial charge on any atom is -0.349 e. The van der Waals surface area contributed by atoms with Crippen molar-refractivity contribution in [2.45, 2.75) is 24.9 Å². The van der Waals surface area contributed by atoms with E-state index in [4.69, 9.17) is 4.52 Å². The topological polar surface area (TPSA) is 80.9 Å². The lowest BCUT2D eigenvalue weighted by molar-refractivity contribution is -0.119. The van der Waals surface area contributed by atoms with Crippen LogP contribution in [0.3, 0.4) is 0 Å². The Kier molecular flexibility index (Phi) is 5.62. The summed E-state index contributed by atoms with van der Waals surface area (Å²) >= 11 is 1.33. The molecule has 0 saturated carbocycles. The molecule has 3 rings (SSSR count). The normalized spacial score (nSPS) is 12.0. The maximum Gasteiger partial charge on any atom is 0.259 e. The zero-order valence-corrected chi connectivity index (χ0v) is 15.1. The van der Waals surface area contributed by atoms with Crippen molar-refractivity contribution in [1.82, 2.24) is 20.4 Å². The molecule has 1 atom stereocenters. The average molecular weight is 372 g/mol. The summed E-state index contributed by atoms with van der Waals surface area (Å²) < 4.78 is 18.0. The first-order chi connectivity index (χ1) is 12.5. The number of halogens is 1. The third-order valence-corrected chi connectivity index (χ3v) is 4.55. The average Bonchev–Trinajstić information content (AvgIpc) is 3.07. The highest BCUT2D eigenvalue weighted by Gasteiger charge is 2.11. The summed E-state index contributed by atoms with van der Waals surface area (Å²) in [6.07, 6.45) is 1.63. The highest BCUT2D eigenvalue weighted by Crippen LogP contribution is 2.21. The van der Waals surface area contributed by atoms with Gasteiger partial charge in [-0.15, -0.1) is 0 Å². The van der Waals surface area contributed by atoms with E-state index in [2.05, 4.69) is 20.4 Å². The van der Waals surface area contributed by atoms with Crippen molar-refractivity contribution in [3.8, 4) is 11.5 Å². The fraction of sp³-hybridized carbons (Fsp3) is 0.222. The van der Waals surface area contributed by atoms with E-state index in [0.29, 0.717) is 11.7 Å². The van der Waals surface area contributed by atoms with Crippen LogP contribution in [0, 0.1) is 12.7 Å². The number of thioether (sulfide) groups is 1. The lowest BCUT2D eigenvalue weighted by Gasteiger charge is -2.14. The summed E-state index contributed by atoms with van der Waals surface area (Å²) in [6.45, 7) is 3.60. The molecule has 0 saturated heterocycles. The third-order valence-electron chi connectivity index (χ3n) is 3.61. The van der Waals surface area contributed by atoms with E-state index in [-0.39, 0.29) is 23.5 Å². The molecule has 3 aromatic rings. The number of aryl methyl sites for hydroxylation is 1. The van der Waals surface area contributed by atoms with Gasteiger partial charge in [-0.3, -0.25) is 4.79 Å². The molecule has 0 fully saturated rings. The Morgan fingerprint density at radius 2 is 2.04 bits per heavy atom. The first-order valence-electron chi connectivity index (χ1n) is 7.95. The highest BCUT2D eigenvalue weighted by molar-refractivity contribution is 7.99. The van der Waals surface area contributed by atoms with Crippen molar-refractivity contribution in [1.29, 1.82) is 0 Å². The van der Waals surface area contributed by atoms with Crippen LogP contribution in [-0.4, -0.2) is 26.8 Å². The van der Waals surface area contributed by atoms with E-state index < -0.39 is 0 Å². The molecule has 2 heterocycles. The Morgan fingerprint density at radius 3 is 2.65 bits per heavy atom. The van der Waals surface area contributed by atoms with Crippen LogP contribution in [-0.2, 0) is 4.79 Å². The summed E-state index contributed by atoms with van der Waals surface area (Å²) in [5.41, 5.74) is 1.58. The highest BCUT2D eigenvalue weighted by atomic mass is 32.2. The Labute approximate surface area is 154 Å². The molecule has 6 nitrogen and oxygen atoms in total. The van der Waals surface area contributed by atoms with Crippen LogP contribution in [0.25, 0.3) is 11.5 Å². The second kappa shape index (κ2) is 8.09. The van der Waals surface area contributed by atoms with E-state index in [0.717, 1.165) is 16.2 Å². The van der Waals surface area contributed by atoms with Crippen LogP contribution in [0.5, 0.6) is 0 Å². The summed E-state index contributed by atoms with van der Waals surface area (Å²) in [6, 6.07) is 9.50. The molecule has 0 spiro atoms. The van der Waals surface area contributed by atoms with Crippen molar-refractivity contribution in [2.75, 3.05) is 5.75 Å². The molecule has 0 bridgehead atoms. The van der Waals surface area contributed by atoms with Crippen LogP contribution in [0.2, 0.25) is 0 Å². The summed E-state index contributed by atoms with van der Waals surface area (Å²) in [5.74, 6) is 0.790. The molecule has 2 aromatic heterocycles. The largest absolute Gasteiger partial charge is 0.349 e. The van der Waals surface area contributed by atoms with Gasteiger partial charge < -0.3 is 9.84 Å². The molecule has 1 N–H and O–H groups in total. The summed E-state index contributed by atoms with van der Waals surface area (Å²) in [7, 11) is 0. The van der Waals surface area contributed by atoms with Gasteiger partial charge in [-0.25, -0.2) is 9.37 Å². The third kappa shape index (κ3) is 4.66. The van der Waals surface area contributed by atoms with Crippen LogP contribution in [0.1, 0.15) is 24.4 Å². The van der Waals surface area contributed by atoms with Gasteiger partial charge in [-0.05, 0) is 43.7 Å². The Morgan fingerprint density at radius 1 is 1.27 bits per heavy atom. The van der Waals surface area contributed by atoms with E-state index in [1.807, 2.05) is 13.0 Å². The van der Waals surface area contributed by atoms with Crippen LogP contribution in [0.4, 0.5) is 4.39 Å². The van der Waals surface area contributed by atoms with E-state index in [1.54, 1.807) is 31.3 Å². The SMILES string of the molecule is Cc1noc(-c2ccc(SCC(=O)N[C@H](C)c3ccc(F)cc3)nc2)n1. The lowest BCUT2D eigenvalue weighted by atomic mass is 10.1. The van der Waals surface area contributed by atoms with Crippen molar-refractivity contribution in [2.24, 2.45) is 0 Å². The molecule has 134 valence electrons. The maximum absolute atomic E-state index is 12.9. The van der Waals surface area contributed by atoms with Crippen LogP contribution < -0.4 is 5.32 Å². The number of hydrogen-bond acceptors (Lipinski definition) is 6. The molecule has 0 radical (unpaired) electrons. The van der Waals surface area contributed by atoms with Gasteiger partial charge >= 0.3 is 0 Å². The van der Waals surface area contributed by atoms with Gasteiger partial charge in [-0.1, -0.05) is 29.1 Å². The predicted molar refractivity (Wildman–Crippen MR) is 95.9 cm³/mol. The zero-order chi connectivity index (χ0) is 18.5. The standard InChI is InChI=1S/C18H17FN4O2S/c1-11(13-3-6-15(19)7-4-13)21-16(24)10-26-17-8-5-14(9-20-17)18-22-12(2)23-25-18/h3-9,11H,10H2,1-2H3,(H,21,24)/t11-/m1/s1. The van der Waals surface area contributed by atoms with Crippen molar-refractivity contribution in [3.05, 3.63) is 59.8 Å². The number of amides is 1. The Hall–Kier alpha value is -2.74. The number of carbonyl (C=O) groups is 1. The fourth-order valence-corrected chi connectivity index (χ4v) is 2.92. The van der Waals surface area contributed by atoms with Crippen molar-refractivity contribution in [3.63, 3.8) is 0 Å². The molecule has 0 aliphatic heterocycles. The van der Waals surface area contributed by atoms with Gasteiger partial charge in [0.1, 0.15) is 5.82 Å². The lowest BCUT2D eigenvalue weighted by Crippen LogP contribution is -2.28. The van der Waals surface area contributed by atoms with E-state index >= 15 is 0 Å². The number of benzene rings is 1. The predicted octanol–water partition coefficient (Wildman–Crippen LogP) is 3.55. The van der Waals surface area contributed by atoms with Gasteiger partial charge in [0, 0.05) is 6.20 Å². The minimum absolute atomic E-state index is 0.120. The molecule has 26 heavy (non-hydrogen) atoms. The van der Waals surface area contributed by atoms with Gasteiger partial charge in [0.2, 0.25) is 5.91 Å². The molecule has 0 aliphatic carbocycles. The first kappa shape index (κ1) is 18.1. The zero-order valence-electron chi connectivity index (χ0n) is 14.3. The van der Waals surface area contributed by atoms with Crippen molar-refractivity contribution < 1.29 is 13.7 Å². The number of nitrogens with one attached hydrogen (secondary N) is 1. The molecule has 8 heteroatoms. The number of aromatic nitrogens is 3. The van der Waals surface area contributed by atoms with Crippen molar-refractivity contribution >= 4 is 17.7 Å². The van der Waals surface area contributed by atoms with Gasteiger partial charge in [0.15, 0.2) is 5.82 Å². The monoisotopic (exact) mass is 372 g/mol. The van der Waals surface area contributed by atoms with Gasteiger partial charge in [-0.2, -0.15) is 4.98 Å². The molecule has 1 amide bonds. The minimum atomic E-state index is -0.298. The molecule has 0 unspecified atom stereocenters. The maximum atomic E-state index is 12.9. The number of pyridine rings is 1. The smallest absolute Gasteiger partial charge is 0.259 e. The van der Waals surface area contributed by atoms with Gasteiger partial charge in [0.25, 0.3) is 5.89 Å². The van der Waals surface area contributed by atoms with Crippen LogP contribution >= 0.6 is 11.8 Å². The molecule has 1 aromatic carbocycles. The summed E-state index contributed by atoms with van der Waals surface area (Å²) in [5, 5.41) is 7.34. The number of nitrogens with zero attached hydrogens (tertiary/aromatic N) is 3. The van der Waals surface area contributed by atoms with Crippen LogP contribution in [0.15, 0.2) is 52.1 Å². The number of hydrogen-bond donors (Lipinski definition) is 1. The van der Waals surface area contributed by atoms with E-state index in [9.17, 15) is 9.18 Å². The quantitative estimate of drug-likeness (QED) is 0.667.